The fraction of sp³-hybridized carbons (Fsp3) is 0.250. The number of aldehydes is 1. The third-order valence-corrected chi connectivity index (χ3v) is 6.19. The highest BCUT2D eigenvalue weighted by atomic mass is 16.5. The highest BCUT2D eigenvalue weighted by Gasteiger charge is 2.34. The van der Waals surface area contributed by atoms with Gasteiger partial charge in [0.2, 0.25) is 0 Å². The van der Waals surface area contributed by atoms with Crippen LogP contribution < -0.4 is 4.74 Å². The Labute approximate surface area is 234 Å². The smallest absolute Gasteiger partial charge is 0.303 e. The second kappa shape index (κ2) is 15.4. The van der Waals surface area contributed by atoms with Crippen molar-refractivity contribution < 1.29 is 34.1 Å². The van der Waals surface area contributed by atoms with Gasteiger partial charge in [-0.05, 0) is 56.1 Å². The van der Waals surface area contributed by atoms with E-state index in [1.807, 2.05) is 54.6 Å². The van der Waals surface area contributed by atoms with E-state index in [-0.39, 0.29) is 12.0 Å². The minimum Gasteiger partial charge on any atom is -0.493 e. The maximum absolute atomic E-state index is 10.7. The van der Waals surface area contributed by atoms with E-state index in [0.29, 0.717) is 37.3 Å². The van der Waals surface area contributed by atoms with E-state index in [4.69, 9.17) is 14.3 Å². The van der Waals surface area contributed by atoms with Gasteiger partial charge in [-0.1, -0.05) is 66.7 Å². The van der Waals surface area contributed by atoms with Crippen molar-refractivity contribution in [1.82, 2.24) is 4.90 Å². The number of carboxylic acids is 1. The Morgan fingerprint density at radius 2 is 1.60 bits per heavy atom. The van der Waals surface area contributed by atoms with Gasteiger partial charge in [0, 0.05) is 24.1 Å². The van der Waals surface area contributed by atoms with E-state index in [2.05, 4.69) is 0 Å². The number of nitrogens with zero attached hydrogens (tertiary/aromatic N) is 1. The predicted octanol–water partition coefficient (Wildman–Crippen LogP) is 5.70. The van der Waals surface area contributed by atoms with Gasteiger partial charge in [0.05, 0.1) is 18.4 Å². The molecular weight excluding hydrogens is 510 g/mol. The van der Waals surface area contributed by atoms with Gasteiger partial charge in [-0.3, -0.25) is 9.59 Å². The fourth-order valence-corrected chi connectivity index (χ4v) is 3.95. The first-order valence-electron chi connectivity index (χ1n) is 13.0. The standard InChI is InChI=1S/C21H27NO5.C11H8O2/c1-22(16-17-10-4-2-5-11-17)21(25,26)18-12-7-8-13-19(18)27-15-9-3-6-14-20(23)24;12-8-9-3-5-10(6-4-9)11-2-1-7-13-11/h2,4-5,7-8,10-13,25-26H,3,6,9,14-16H2,1H3,(H,23,24);1-8H. The Hall–Kier alpha value is -4.24. The van der Waals surface area contributed by atoms with E-state index < -0.39 is 11.9 Å². The highest BCUT2D eigenvalue weighted by Crippen LogP contribution is 2.31. The number of benzene rings is 3. The number of aliphatic carboxylic acids is 1. The molecule has 0 radical (unpaired) electrons. The third kappa shape index (κ3) is 9.20. The quantitative estimate of drug-likeness (QED) is 0.111. The Balaban J connectivity index is 0.000000281. The molecule has 0 aliphatic carbocycles. The summed E-state index contributed by atoms with van der Waals surface area (Å²) in [7, 11) is 1.63. The largest absolute Gasteiger partial charge is 0.493 e. The van der Waals surface area contributed by atoms with Crippen molar-refractivity contribution in [3.8, 4) is 17.1 Å². The lowest BCUT2D eigenvalue weighted by Crippen LogP contribution is -2.43. The van der Waals surface area contributed by atoms with Gasteiger partial charge in [-0.2, -0.15) is 0 Å². The molecule has 4 aromatic rings. The van der Waals surface area contributed by atoms with Crippen molar-refractivity contribution in [2.45, 2.75) is 38.1 Å². The second-order valence-corrected chi connectivity index (χ2v) is 9.24. The molecule has 3 N–H and O–H groups in total. The minimum absolute atomic E-state index is 0.150. The first-order valence-corrected chi connectivity index (χ1v) is 13.0. The molecule has 8 nitrogen and oxygen atoms in total. The van der Waals surface area contributed by atoms with Gasteiger partial charge in [0.1, 0.15) is 17.8 Å². The molecule has 0 saturated carbocycles. The second-order valence-electron chi connectivity index (χ2n) is 9.24. The maximum atomic E-state index is 10.7. The van der Waals surface area contributed by atoms with E-state index in [1.165, 1.54) is 4.90 Å². The highest BCUT2D eigenvalue weighted by molar-refractivity contribution is 5.76. The summed E-state index contributed by atoms with van der Waals surface area (Å²) in [5.41, 5.74) is 2.89. The summed E-state index contributed by atoms with van der Waals surface area (Å²) in [5, 5.41) is 30.1. The van der Waals surface area contributed by atoms with Gasteiger partial charge < -0.3 is 24.5 Å². The van der Waals surface area contributed by atoms with Gasteiger partial charge >= 0.3 is 5.97 Å². The fourth-order valence-electron chi connectivity index (χ4n) is 3.95. The first kappa shape index (κ1) is 30.3. The third-order valence-electron chi connectivity index (χ3n) is 6.19. The van der Waals surface area contributed by atoms with E-state index in [9.17, 15) is 19.8 Å². The zero-order chi connectivity index (χ0) is 28.8. The maximum Gasteiger partial charge on any atom is 0.303 e. The van der Waals surface area contributed by atoms with Gasteiger partial charge in [0.15, 0.2) is 0 Å². The van der Waals surface area contributed by atoms with Crippen molar-refractivity contribution in [2.75, 3.05) is 13.7 Å². The average Bonchev–Trinajstić information content (AvgIpc) is 3.51. The topological polar surface area (TPSA) is 120 Å². The molecule has 0 atom stereocenters. The summed E-state index contributed by atoms with van der Waals surface area (Å²) in [6, 6.07) is 27.4. The summed E-state index contributed by atoms with van der Waals surface area (Å²) in [6.45, 7) is 0.743. The number of ether oxygens (including phenoxy) is 1. The molecule has 8 heteroatoms. The van der Waals surface area contributed by atoms with Crippen LogP contribution in [0.5, 0.6) is 5.75 Å². The SMILES string of the molecule is CN(Cc1ccccc1)C(O)(O)c1ccccc1OCCCCCC(=O)O.O=Cc1ccc(-c2ccco2)cc1. The number of furan rings is 1. The van der Waals surface area contributed by atoms with Gasteiger partial charge in [-0.25, -0.2) is 4.90 Å². The Kier molecular flexibility index (Phi) is 11.6. The lowest BCUT2D eigenvalue weighted by molar-refractivity contribution is -0.271. The number of hydrogen-bond donors (Lipinski definition) is 3. The van der Waals surface area contributed by atoms with Crippen molar-refractivity contribution in [3.05, 3.63) is 114 Å². The Bertz CT molecular complexity index is 1300. The Morgan fingerprint density at radius 3 is 2.25 bits per heavy atom. The van der Waals surface area contributed by atoms with Crippen molar-refractivity contribution in [2.24, 2.45) is 0 Å². The van der Waals surface area contributed by atoms with Crippen LogP contribution in [0, 0.1) is 0 Å². The number of hydrogen-bond acceptors (Lipinski definition) is 7. The minimum atomic E-state index is -2.18. The molecule has 0 unspecified atom stereocenters. The number of carbonyl (C=O) groups excluding carboxylic acids is 1. The van der Waals surface area contributed by atoms with Crippen LogP contribution in [0.4, 0.5) is 0 Å². The van der Waals surface area contributed by atoms with Crippen molar-refractivity contribution in [3.63, 3.8) is 0 Å². The van der Waals surface area contributed by atoms with Crippen LogP contribution in [0.3, 0.4) is 0 Å². The first-order chi connectivity index (χ1) is 19.3. The molecular formula is C32H35NO7. The number of carbonyl (C=O) groups is 2. The lowest BCUT2D eigenvalue weighted by Gasteiger charge is -2.33. The molecule has 4 rings (SSSR count). The van der Waals surface area contributed by atoms with Crippen LogP contribution >= 0.6 is 0 Å². The monoisotopic (exact) mass is 545 g/mol. The van der Waals surface area contributed by atoms with Crippen LogP contribution in [-0.2, 0) is 17.3 Å². The normalized spacial score (nSPS) is 11.0. The molecule has 210 valence electrons. The molecule has 0 amide bonds. The number of unbranched alkanes of at least 4 members (excludes halogenated alkanes) is 2. The molecule has 3 aromatic carbocycles. The van der Waals surface area contributed by atoms with Crippen LogP contribution in [0.1, 0.15) is 47.2 Å². The number of aliphatic hydroxyl groups is 2. The number of carboxylic acid groups (broad SMARTS) is 1. The molecule has 0 aliphatic heterocycles. The van der Waals surface area contributed by atoms with Crippen molar-refractivity contribution >= 4 is 12.3 Å². The average molecular weight is 546 g/mol. The summed E-state index contributed by atoms with van der Waals surface area (Å²) in [4.78, 5) is 22.3. The summed E-state index contributed by atoms with van der Waals surface area (Å²) < 4.78 is 10.9. The Morgan fingerprint density at radius 1 is 0.900 bits per heavy atom. The molecule has 0 spiro atoms. The van der Waals surface area contributed by atoms with E-state index in [0.717, 1.165) is 29.6 Å². The van der Waals surface area contributed by atoms with Crippen LogP contribution in [0.2, 0.25) is 0 Å². The number of para-hydroxylation sites is 1. The molecule has 0 fully saturated rings. The molecule has 1 heterocycles. The van der Waals surface area contributed by atoms with Crippen LogP contribution in [0.15, 0.2) is 102 Å². The van der Waals surface area contributed by atoms with Crippen molar-refractivity contribution in [1.29, 1.82) is 0 Å². The molecule has 0 bridgehead atoms. The van der Waals surface area contributed by atoms with Gasteiger partial charge in [-0.15, -0.1) is 0 Å². The predicted molar refractivity (Wildman–Crippen MR) is 152 cm³/mol. The van der Waals surface area contributed by atoms with Gasteiger partial charge in [0.25, 0.3) is 5.91 Å². The zero-order valence-electron chi connectivity index (χ0n) is 22.5. The van der Waals surface area contributed by atoms with E-state index in [1.54, 1.807) is 49.7 Å². The zero-order valence-corrected chi connectivity index (χ0v) is 22.5. The lowest BCUT2D eigenvalue weighted by atomic mass is 10.1. The van der Waals surface area contributed by atoms with Crippen LogP contribution in [0.25, 0.3) is 11.3 Å². The molecule has 1 aromatic heterocycles. The molecule has 0 aliphatic rings. The summed E-state index contributed by atoms with van der Waals surface area (Å²) >= 11 is 0. The number of rotatable bonds is 13. The van der Waals surface area contributed by atoms with Crippen LogP contribution in [-0.4, -0.2) is 46.1 Å². The molecule has 40 heavy (non-hydrogen) atoms. The molecule has 0 saturated heterocycles. The van der Waals surface area contributed by atoms with E-state index >= 15 is 0 Å². The summed E-state index contributed by atoms with van der Waals surface area (Å²) in [5.74, 6) is -1.76. The summed E-state index contributed by atoms with van der Waals surface area (Å²) in [6.07, 6.45) is 4.65.